The average molecular weight is 235 g/mol. The highest BCUT2D eigenvalue weighted by molar-refractivity contribution is 5.45. The van der Waals surface area contributed by atoms with Crippen LogP contribution in [0.2, 0.25) is 0 Å². The molecule has 1 aliphatic rings. The van der Waals surface area contributed by atoms with Crippen LogP contribution in [-0.2, 0) is 0 Å². The van der Waals surface area contributed by atoms with Gasteiger partial charge in [0.05, 0.1) is 7.11 Å². The molecule has 4 heteroatoms. The summed E-state index contributed by atoms with van der Waals surface area (Å²) in [6.45, 7) is 0. The van der Waals surface area contributed by atoms with Crippen LogP contribution in [0, 0.1) is 0 Å². The van der Waals surface area contributed by atoms with Crippen LogP contribution < -0.4 is 15.4 Å². The number of hydrogen-bond acceptors (Lipinski definition) is 4. The van der Waals surface area contributed by atoms with Gasteiger partial charge in [0.2, 0.25) is 5.88 Å². The lowest BCUT2D eigenvalue weighted by Gasteiger charge is -2.29. The number of nitrogens with zero attached hydrogens (tertiary/aromatic N) is 1. The highest BCUT2D eigenvalue weighted by atomic mass is 16.5. The molecule has 0 radical (unpaired) electrons. The molecule has 2 N–H and O–H groups in total. The van der Waals surface area contributed by atoms with Gasteiger partial charge in [-0.15, -0.1) is 0 Å². The Morgan fingerprint density at radius 1 is 1.24 bits per heavy atom. The summed E-state index contributed by atoms with van der Waals surface area (Å²) in [5, 5.41) is 6.90. The molecule has 17 heavy (non-hydrogen) atoms. The number of rotatable bonds is 4. The Bertz CT molecular complexity index is 348. The Morgan fingerprint density at radius 3 is 2.59 bits per heavy atom. The second-order valence-electron chi connectivity index (χ2n) is 4.57. The molecule has 1 aromatic heterocycles. The fourth-order valence-corrected chi connectivity index (χ4v) is 2.37. The highest BCUT2D eigenvalue weighted by Gasteiger charge is 2.19. The zero-order valence-corrected chi connectivity index (χ0v) is 10.6. The third-order valence-corrected chi connectivity index (χ3v) is 3.45. The van der Waals surface area contributed by atoms with Crippen LogP contribution >= 0.6 is 0 Å². The summed E-state index contributed by atoms with van der Waals surface area (Å²) in [6.07, 6.45) is 6.71. The van der Waals surface area contributed by atoms with Gasteiger partial charge in [-0.1, -0.05) is 0 Å². The van der Waals surface area contributed by atoms with Crippen molar-refractivity contribution in [1.82, 2.24) is 10.3 Å². The summed E-state index contributed by atoms with van der Waals surface area (Å²) in [6, 6.07) is 5.21. The normalized spacial score (nSPS) is 24.4. The summed E-state index contributed by atoms with van der Waals surface area (Å²) < 4.78 is 5.12. The number of anilines is 1. The van der Waals surface area contributed by atoms with Gasteiger partial charge in [-0.25, -0.2) is 4.98 Å². The van der Waals surface area contributed by atoms with E-state index in [1.54, 1.807) is 13.3 Å². The topological polar surface area (TPSA) is 46.2 Å². The first-order valence-electron chi connectivity index (χ1n) is 6.25. The molecule has 0 unspecified atom stereocenters. The fourth-order valence-electron chi connectivity index (χ4n) is 2.37. The molecule has 0 amide bonds. The van der Waals surface area contributed by atoms with Crippen LogP contribution in [0.15, 0.2) is 18.3 Å². The van der Waals surface area contributed by atoms with E-state index < -0.39 is 0 Å². The van der Waals surface area contributed by atoms with E-state index in [1.165, 1.54) is 25.7 Å². The third kappa shape index (κ3) is 3.33. The van der Waals surface area contributed by atoms with Crippen molar-refractivity contribution in [3.8, 4) is 5.88 Å². The second kappa shape index (κ2) is 5.87. The predicted octanol–water partition coefficient (Wildman–Crippen LogP) is 2.03. The Balaban J connectivity index is 1.88. The van der Waals surface area contributed by atoms with E-state index in [2.05, 4.69) is 15.6 Å². The van der Waals surface area contributed by atoms with Gasteiger partial charge in [0, 0.05) is 30.0 Å². The Morgan fingerprint density at radius 2 is 1.94 bits per heavy atom. The van der Waals surface area contributed by atoms with Gasteiger partial charge < -0.3 is 15.4 Å². The molecular formula is C13H21N3O. The van der Waals surface area contributed by atoms with Crippen molar-refractivity contribution in [3.05, 3.63) is 18.3 Å². The molecular weight excluding hydrogens is 214 g/mol. The molecule has 1 heterocycles. The minimum Gasteiger partial charge on any atom is -0.481 e. The van der Waals surface area contributed by atoms with Crippen molar-refractivity contribution in [3.63, 3.8) is 0 Å². The molecule has 2 rings (SSSR count). The van der Waals surface area contributed by atoms with Gasteiger partial charge in [-0.2, -0.15) is 0 Å². The van der Waals surface area contributed by atoms with Crippen LogP contribution in [0.25, 0.3) is 0 Å². The van der Waals surface area contributed by atoms with E-state index >= 15 is 0 Å². The van der Waals surface area contributed by atoms with E-state index in [1.807, 2.05) is 19.2 Å². The predicted molar refractivity (Wildman–Crippen MR) is 69.5 cm³/mol. The number of pyridine rings is 1. The maximum Gasteiger partial charge on any atom is 0.214 e. The van der Waals surface area contributed by atoms with Gasteiger partial charge in [0.1, 0.15) is 0 Å². The summed E-state index contributed by atoms with van der Waals surface area (Å²) in [5.41, 5.74) is 1.10. The SMILES string of the molecule is CNC1CCC(Nc2ccnc(OC)c2)CC1. The van der Waals surface area contributed by atoms with Crippen molar-refractivity contribution in [2.45, 2.75) is 37.8 Å². The third-order valence-electron chi connectivity index (χ3n) is 3.45. The average Bonchev–Trinajstić information content (AvgIpc) is 2.40. The van der Waals surface area contributed by atoms with Crippen molar-refractivity contribution in [2.75, 3.05) is 19.5 Å². The molecule has 0 bridgehead atoms. The quantitative estimate of drug-likeness (QED) is 0.838. The van der Waals surface area contributed by atoms with Crippen molar-refractivity contribution in [2.24, 2.45) is 0 Å². The fraction of sp³-hybridized carbons (Fsp3) is 0.615. The first-order chi connectivity index (χ1) is 8.31. The Kier molecular flexibility index (Phi) is 4.20. The lowest BCUT2D eigenvalue weighted by Crippen LogP contribution is -2.34. The Hall–Kier alpha value is -1.29. The minimum absolute atomic E-state index is 0.576. The number of nitrogens with one attached hydrogen (secondary N) is 2. The van der Waals surface area contributed by atoms with E-state index in [-0.39, 0.29) is 0 Å². The molecule has 1 aromatic rings. The monoisotopic (exact) mass is 235 g/mol. The van der Waals surface area contributed by atoms with Crippen molar-refractivity contribution >= 4 is 5.69 Å². The molecule has 0 atom stereocenters. The van der Waals surface area contributed by atoms with Crippen molar-refractivity contribution in [1.29, 1.82) is 0 Å². The lowest BCUT2D eigenvalue weighted by atomic mass is 9.91. The standard InChI is InChI=1S/C13H21N3O/c1-14-10-3-5-11(6-4-10)16-12-7-8-15-13(9-12)17-2/h7-11,14H,3-6H2,1-2H3,(H,15,16). The van der Waals surface area contributed by atoms with E-state index in [4.69, 9.17) is 4.74 Å². The molecule has 1 aliphatic carbocycles. The molecule has 0 spiro atoms. The molecule has 0 aromatic carbocycles. The molecule has 4 nitrogen and oxygen atoms in total. The highest BCUT2D eigenvalue weighted by Crippen LogP contribution is 2.23. The molecule has 1 saturated carbocycles. The number of hydrogen-bond donors (Lipinski definition) is 2. The number of methoxy groups -OCH3 is 1. The Labute approximate surface area is 103 Å². The van der Waals surface area contributed by atoms with Gasteiger partial charge in [-0.05, 0) is 38.8 Å². The summed E-state index contributed by atoms with van der Waals surface area (Å²) >= 11 is 0. The van der Waals surface area contributed by atoms with Gasteiger partial charge in [0.15, 0.2) is 0 Å². The van der Waals surface area contributed by atoms with E-state index in [0.29, 0.717) is 18.0 Å². The summed E-state index contributed by atoms with van der Waals surface area (Å²) in [5.74, 6) is 0.666. The van der Waals surface area contributed by atoms with Crippen molar-refractivity contribution < 1.29 is 4.74 Å². The van der Waals surface area contributed by atoms with Gasteiger partial charge in [-0.3, -0.25) is 0 Å². The largest absolute Gasteiger partial charge is 0.481 e. The molecule has 0 saturated heterocycles. The zero-order chi connectivity index (χ0) is 12.1. The molecule has 0 aliphatic heterocycles. The summed E-state index contributed by atoms with van der Waals surface area (Å²) in [4.78, 5) is 4.10. The first kappa shape index (κ1) is 12.2. The molecule has 1 fully saturated rings. The van der Waals surface area contributed by atoms with Crippen LogP contribution in [0.3, 0.4) is 0 Å². The zero-order valence-electron chi connectivity index (χ0n) is 10.6. The minimum atomic E-state index is 0.576. The van der Waals surface area contributed by atoms with Crippen LogP contribution in [-0.4, -0.2) is 31.2 Å². The van der Waals surface area contributed by atoms with Gasteiger partial charge in [0.25, 0.3) is 0 Å². The van der Waals surface area contributed by atoms with Crippen LogP contribution in [0.5, 0.6) is 5.88 Å². The maximum absolute atomic E-state index is 5.12. The molecule has 94 valence electrons. The summed E-state index contributed by atoms with van der Waals surface area (Å²) in [7, 11) is 3.69. The smallest absolute Gasteiger partial charge is 0.214 e. The van der Waals surface area contributed by atoms with E-state index in [0.717, 1.165) is 5.69 Å². The number of ether oxygens (including phenoxy) is 1. The number of aromatic nitrogens is 1. The maximum atomic E-state index is 5.12. The van der Waals surface area contributed by atoms with Crippen LogP contribution in [0.1, 0.15) is 25.7 Å². The van der Waals surface area contributed by atoms with Crippen LogP contribution in [0.4, 0.5) is 5.69 Å². The lowest BCUT2D eigenvalue weighted by molar-refractivity contribution is 0.371. The van der Waals surface area contributed by atoms with E-state index in [9.17, 15) is 0 Å². The second-order valence-corrected chi connectivity index (χ2v) is 4.57. The van der Waals surface area contributed by atoms with Gasteiger partial charge >= 0.3 is 0 Å². The first-order valence-corrected chi connectivity index (χ1v) is 6.25.